The number of hydrogen-bond acceptors (Lipinski definition) is 4. The van der Waals surface area contributed by atoms with E-state index in [0.717, 1.165) is 19.1 Å². The van der Waals surface area contributed by atoms with Gasteiger partial charge in [-0.3, -0.25) is 4.18 Å². The summed E-state index contributed by atoms with van der Waals surface area (Å²) < 4.78 is 26.0. The molecule has 0 amide bonds. The van der Waals surface area contributed by atoms with Crippen LogP contribution in [0.5, 0.6) is 0 Å². The summed E-state index contributed by atoms with van der Waals surface area (Å²) >= 11 is 0. The number of rotatable bonds is 2. The maximum atomic E-state index is 10.6. The molecule has 74 valence electrons. The van der Waals surface area contributed by atoms with Gasteiger partial charge in [0, 0.05) is 6.04 Å². The van der Waals surface area contributed by atoms with Crippen molar-refractivity contribution in [3.05, 3.63) is 0 Å². The van der Waals surface area contributed by atoms with Gasteiger partial charge < -0.3 is 5.73 Å². The smallest absolute Gasteiger partial charge is 0.264 e. The fourth-order valence-corrected chi connectivity index (χ4v) is 1.98. The van der Waals surface area contributed by atoms with Crippen LogP contribution in [0.15, 0.2) is 0 Å². The maximum Gasteiger partial charge on any atom is 0.264 e. The van der Waals surface area contributed by atoms with E-state index in [1.54, 1.807) is 0 Å². The van der Waals surface area contributed by atoms with Crippen molar-refractivity contribution in [3.8, 4) is 0 Å². The van der Waals surface area contributed by atoms with Crippen molar-refractivity contribution in [2.24, 2.45) is 5.73 Å². The number of halogens is 1. The first-order valence-corrected chi connectivity index (χ1v) is 5.43. The molecular weight excluding hydrogens is 202 g/mol. The Morgan fingerprint density at radius 2 is 2.00 bits per heavy atom. The summed E-state index contributed by atoms with van der Waals surface area (Å²) in [5.74, 6) is 0. The number of nitrogens with two attached hydrogens (primary N) is 1. The van der Waals surface area contributed by atoms with Gasteiger partial charge in [-0.25, -0.2) is 0 Å². The lowest BCUT2D eigenvalue weighted by atomic mass is 10.3. The Morgan fingerprint density at radius 3 is 2.33 bits per heavy atom. The lowest BCUT2D eigenvalue weighted by molar-refractivity contribution is 0.218. The Balaban J connectivity index is 0.00000121. The van der Waals surface area contributed by atoms with Crippen LogP contribution in [-0.4, -0.2) is 26.8 Å². The fourth-order valence-electron chi connectivity index (χ4n) is 1.31. The standard InChI is InChI=1S/C6H13NO3S.ClH/c1-11(8,9)10-6-3-2-5(7)4-6;/h5-6H,2-4,7H2,1H3;1H. The molecule has 0 radical (unpaired) electrons. The summed E-state index contributed by atoms with van der Waals surface area (Å²) in [5.41, 5.74) is 5.57. The van der Waals surface area contributed by atoms with Gasteiger partial charge in [0.25, 0.3) is 10.1 Å². The molecule has 1 aliphatic carbocycles. The van der Waals surface area contributed by atoms with E-state index in [4.69, 9.17) is 9.92 Å². The molecule has 1 aliphatic rings. The lowest BCUT2D eigenvalue weighted by Crippen LogP contribution is -2.19. The second kappa shape index (κ2) is 4.41. The second-order valence-corrected chi connectivity index (χ2v) is 4.60. The van der Waals surface area contributed by atoms with Crippen molar-refractivity contribution in [2.45, 2.75) is 31.4 Å². The van der Waals surface area contributed by atoms with Gasteiger partial charge in [0.2, 0.25) is 0 Å². The molecule has 1 fully saturated rings. The average molecular weight is 216 g/mol. The highest BCUT2D eigenvalue weighted by Crippen LogP contribution is 2.21. The Labute approximate surface area is 79.0 Å². The Hall–Kier alpha value is 0.160. The fraction of sp³-hybridized carbons (Fsp3) is 1.00. The van der Waals surface area contributed by atoms with E-state index < -0.39 is 10.1 Å². The Kier molecular flexibility index (Phi) is 4.47. The van der Waals surface area contributed by atoms with Crippen molar-refractivity contribution >= 4 is 22.5 Å². The van der Waals surface area contributed by atoms with E-state index in [1.165, 1.54) is 0 Å². The zero-order chi connectivity index (χ0) is 8.48. The maximum absolute atomic E-state index is 10.6. The lowest BCUT2D eigenvalue weighted by Gasteiger charge is -2.07. The van der Waals surface area contributed by atoms with Gasteiger partial charge in [-0.2, -0.15) is 8.42 Å². The van der Waals surface area contributed by atoms with Crippen LogP contribution in [0.25, 0.3) is 0 Å². The van der Waals surface area contributed by atoms with Gasteiger partial charge in [-0.15, -0.1) is 12.4 Å². The third-order valence-corrected chi connectivity index (χ3v) is 2.36. The molecule has 2 unspecified atom stereocenters. The third kappa shape index (κ3) is 4.25. The molecule has 0 heterocycles. The Morgan fingerprint density at radius 1 is 1.42 bits per heavy atom. The van der Waals surface area contributed by atoms with Gasteiger partial charge in [0.1, 0.15) is 0 Å². The van der Waals surface area contributed by atoms with Crippen LogP contribution in [-0.2, 0) is 14.3 Å². The van der Waals surface area contributed by atoms with Crippen molar-refractivity contribution in [2.75, 3.05) is 6.26 Å². The van der Waals surface area contributed by atoms with E-state index in [0.29, 0.717) is 6.42 Å². The zero-order valence-electron chi connectivity index (χ0n) is 6.89. The van der Waals surface area contributed by atoms with E-state index in [2.05, 4.69) is 0 Å². The molecule has 1 saturated carbocycles. The quantitative estimate of drug-likeness (QED) is 0.672. The summed E-state index contributed by atoms with van der Waals surface area (Å²) in [6, 6.07) is 0.113. The average Bonchev–Trinajstić information content (AvgIpc) is 2.10. The predicted octanol–water partition coefficient (Wildman–Crippen LogP) is 0.264. The summed E-state index contributed by atoms with van der Waals surface area (Å²) in [6.45, 7) is 0. The molecule has 0 bridgehead atoms. The monoisotopic (exact) mass is 215 g/mol. The van der Waals surface area contributed by atoms with Gasteiger partial charge in [-0.1, -0.05) is 0 Å². The molecular formula is C6H14ClNO3S. The van der Waals surface area contributed by atoms with Crippen LogP contribution in [0.4, 0.5) is 0 Å². The molecule has 0 aromatic carbocycles. The molecule has 0 saturated heterocycles. The van der Waals surface area contributed by atoms with Crippen LogP contribution in [0, 0.1) is 0 Å². The summed E-state index contributed by atoms with van der Waals surface area (Å²) in [6.07, 6.45) is 3.17. The zero-order valence-corrected chi connectivity index (χ0v) is 8.53. The van der Waals surface area contributed by atoms with Crippen LogP contribution in [0.2, 0.25) is 0 Å². The molecule has 0 aliphatic heterocycles. The SMILES string of the molecule is CS(=O)(=O)OC1CCC(N)C1.Cl. The van der Waals surface area contributed by atoms with Crippen molar-refractivity contribution in [3.63, 3.8) is 0 Å². The van der Waals surface area contributed by atoms with Crippen molar-refractivity contribution in [1.29, 1.82) is 0 Å². The summed E-state index contributed by atoms with van der Waals surface area (Å²) in [5, 5.41) is 0. The summed E-state index contributed by atoms with van der Waals surface area (Å²) in [7, 11) is -3.29. The molecule has 2 atom stereocenters. The third-order valence-electron chi connectivity index (χ3n) is 1.74. The van der Waals surface area contributed by atoms with E-state index in [-0.39, 0.29) is 24.6 Å². The van der Waals surface area contributed by atoms with Gasteiger partial charge in [0.05, 0.1) is 12.4 Å². The minimum absolute atomic E-state index is 0. The molecule has 0 spiro atoms. The van der Waals surface area contributed by atoms with Crippen LogP contribution in [0.1, 0.15) is 19.3 Å². The molecule has 6 heteroatoms. The van der Waals surface area contributed by atoms with Crippen molar-refractivity contribution < 1.29 is 12.6 Å². The van der Waals surface area contributed by atoms with Gasteiger partial charge >= 0.3 is 0 Å². The largest absolute Gasteiger partial charge is 0.328 e. The molecule has 0 aromatic rings. The molecule has 0 aromatic heterocycles. The topological polar surface area (TPSA) is 69.4 Å². The van der Waals surface area contributed by atoms with E-state index in [1.807, 2.05) is 0 Å². The first-order valence-electron chi connectivity index (χ1n) is 3.61. The summed E-state index contributed by atoms with van der Waals surface area (Å²) in [4.78, 5) is 0. The number of hydrogen-bond donors (Lipinski definition) is 1. The second-order valence-electron chi connectivity index (χ2n) is 3.00. The highest BCUT2D eigenvalue weighted by molar-refractivity contribution is 7.86. The molecule has 2 N–H and O–H groups in total. The van der Waals surface area contributed by atoms with Gasteiger partial charge in [0.15, 0.2) is 0 Å². The highest BCUT2D eigenvalue weighted by atomic mass is 35.5. The predicted molar refractivity (Wildman–Crippen MR) is 48.8 cm³/mol. The first-order chi connectivity index (χ1) is 4.97. The highest BCUT2D eigenvalue weighted by Gasteiger charge is 2.25. The Bertz CT molecular complexity index is 229. The van der Waals surface area contributed by atoms with Crippen LogP contribution < -0.4 is 5.73 Å². The molecule has 4 nitrogen and oxygen atoms in total. The first kappa shape index (κ1) is 12.2. The van der Waals surface area contributed by atoms with Gasteiger partial charge in [-0.05, 0) is 19.3 Å². The minimum Gasteiger partial charge on any atom is -0.328 e. The van der Waals surface area contributed by atoms with Crippen LogP contribution >= 0.6 is 12.4 Å². The molecule has 1 rings (SSSR count). The minimum atomic E-state index is -3.29. The van der Waals surface area contributed by atoms with Crippen molar-refractivity contribution in [1.82, 2.24) is 0 Å². The van der Waals surface area contributed by atoms with Crippen LogP contribution in [0.3, 0.4) is 0 Å². The molecule has 12 heavy (non-hydrogen) atoms. The van der Waals surface area contributed by atoms with E-state index in [9.17, 15) is 8.42 Å². The normalized spacial score (nSPS) is 29.8. The van der Waals surface area contributed by atoms with E-state index >= 15 is 0 Å².